The maximum absolute atomic E-state index is 13.3. The largest absolute Gasteiger partial charge is 0.367 e. The molecule has 17 heavy (non-hydrogen) atoms. The van der Waals surface area contributed by atoms with Gasteiger partial charge in [-0.05, 0) is 13.0 Å². The van der Waals surface area contributed by atoms with Crippen LogP contribution in [-0.2, 0) is 6.42 Å². The third-order valence-corrected chi connectivity index (χ3v) is 2.22. The Balaban J connectivity index is 1.90. The van der Waals surface area contributed by atoms with E-state index in [1.54, 1.807) is 6.92 Å². The molecular weight excluding hydrogens is 247 g/mol. The van der Waals surface area contributed by atoms with Crippen LogP contribution in [0.2, 0.25) is 5.02 Å². The number of hydrogen-bond donors (Lipinski definition) is 1. The summed E-state index contributed by atoms with van der Waals surface area (Å²) < 4.78 is 18.2. The van der Waals surface area contributed by atoms with E-state index in [2.05, 4.69) is 20.4 Å². The van der Waals surface area contributed by atoms with E-state index in [1.807, 2.05) is 0 Å². The van der Waals surface area contributed by atoms with Gasteiger partial charge < -0.3 is 9.84 Å². The molecule has 2 aromatic rings. The zero-order valence-corrected chi connectivity index (χ0v) is 9.83. The normalized spacial score (nSPS) is 10.5. The second-order valence-electron chi connectivity index (χ2n) is 3.40. The monoisotopic (exact) mass is 256 g/mol. The summed E-state index contributed by atoms with van der Waals surface area (Å²) in [5, 5.41) is 6.74. The molecule has 7 heteroatoms. The van der Waals surface area contributed by atoms with Crippen LogP contribution in [0, 0.1) is 12.7 Å². The minimum Gasteiger partial charge on any atom is -0.367 e. The number of nitrogens with zero attached hydrogens (tertiary/aromatic N) is 3. The Labute approximate surface area is 102 Å². The maximum atomic E-state index is 13.3. The van der Waals surface area contributed by atoms with Crippen molar-refractivity contribution in [2.24, 2.45) is 0 Å². The molecule has 0 spiro atoms. The number of halogens is 2. The lowest BCUT2D eigenvalue weighted by Gasteiger charge is -2.04. The van der Waals surface area contributed by atoms with Crippen molar-refractivity contribution >= 4 is 17.4 Å². The fourth-order valence-electron chi connectivity index (χ4n) is 1.27. The first kappa shape index (κ1) is 11.8. The van der Waals surface area contributed by atoms with E-state index >= 15 is 0 Å². The molecule has 90 valence electrons. The highest BCUT2D eigenvalue weighted by atomic mass is 35.5. The smallest absolute Gasteiger partial charge is 0.228 e. The Morgan fingerprint density at radius 3 is 3.00 bits per heavy atom. The highest BCUT2D eigenvalue weighted by molar-refractivity contribution is 6.30. The molecule has 0 atom stereocenters. The van der Waals surface area contributed by atoms with Crippen LogP contribution in [0.5, 0.6) is 0 Å². The molecule has 0 aliphatic heterocycles. The van der Waals surface area contributed by atoms with E-state index in [4.69, 9.17) is 16.1 Å². The van der Waals surface area contributed by atoms with Crippen LogP contribution in [0.15, 0.2) is 16.8 Å². The van der Waals surface area contributed by atoms with Crippen molar-refractivity contribution in [1.82, 2.24) is 15.1 Å². The van der Waals surface area contributed by atoms with Crippen molar-refractivity contribution < 1.29 is 8.91 Å². The van der Waals surface area contributed by atoms with E-state index in [0.29, 0.717) is 24.7 Å². The van der Waals surface area contributed by atoms with Gasteiger partial charge in [-0.15, -0.1) is 0 Å². The molecule has 0 saturated heterocycles. The van der Waals surface area contributed by atoms with Crippen molar-refractivity contribution in [3.63, 3.8) is 0 Å². The molecule has 0 bridgehead atoms. The lowest BCUT2D eigenvalue weighted by atomic mass is 10.4. The lowest BCUT2D eigenvalue weighted by Crippen LogP contribution is -2.08. The van der Waals surface area contributed by atoms with Crippen LogP contribution in [0.3, 0.4) is 0 Å². The van der Waals surface area contributed by atoms with Gasteiger partial charge in [-0.1, -0.05) is 16.8 Å². The predicted octanol–water partition coefficient (Wildman–Crippen LogP) is 2.22. The second-order valence-corrected chi connectivity index (χ2v) is 3.83. The van der Waals surface area contributed by atoms with Crippen LogP contribution in [-0.4, -0.2) is 21.7 Å². The number of hydrogen-bond acceptors (Lipinski definition) is 5. The third kappa shape index (κ3) is 3.13. The molecule has 2 heterocycles. The van der Waals surface area contributed by atoms with Gasteiger partial charge in [0.2, 0.25) is 5.89 Å². The molecular formula is C10H10ClFN4O. The van der Waals surface area contributed by atoms with Gasteiger partial charge in [0.25, 0.3) is 0 Å². The number of pyridine rings is 1. The van der Waals surface area contributed by atoms with E-state index in [9.17, 15) is 4.39 Å². The van der Waals surface area contributed by atoms with Gasteiger partial charge in [-0.2, -0.15) is 4.98 Å². The summed E-state index contributed by atoms with van der Waals surface area (Å²) in [5.74, 6) is 0.755. The van der Waals surface area contributed by atoms with Crippen molar-refractivity contribution in [3.05, 3.63) is 34.8 Å². The molecule has 0 aliphatic carbocycles. The van der Waals surface area contributed by atoms with Gasteiger partial charge in [0, 0.05) is 19.2 Å². The molecule has 5 nitrogen and oxygen atoms in total. The second kappa shape index (κ2) is 5.09. The fourth-order valence-corrected chi connectivity index (χ4v) is 1.42. The number of aromatic nitrogens is 3. The minimum absolute atomic E-state index is 0.158. The molecule has 0 unspecified atom stereocenters. The first-order chi connectivity index (χ1) is 8.15. The van der Waals surface area contributed by atoms with E-state index < -0.39 is 5.82 Å². The average molecular weight is 257 g/mol. The molecule has 1 N–H and O–H groups in total. The van der Waals surface area contributed by atoms with Crippen molar-refractivity contribution in [3.8, 4) is 0 Å². The summed E-state index contributed by atoms with van der Waals surface area (Å²) in [6.45, 7) is 2.19. The average Bonchev–Trinajstić information content (AvgIpc) is 2.68. The highest BCUT2D eigenvalue weighted by Gasteiger charge is 2.06. The van der Waals surface area contributed by atoms with Crippen LogP contribution >= 0.6 is 11.6 Å². The predicted molar refractivity (Wildman–Crippen MR) is 60.4 cm³/mol. The van der Waals surface area contributed by atoms with Crippen molar-refractivity contribution in [1.29, 1.82) is 0 Å². The van der Waals surface area contributed by atoms with E-state index in [-0.39, 0.29) is 10.8 Å². The lowest BCUT2D eigenvalue weighted by molar-refractivity contribution is 0.377. The van der Waals surface area contributed by atoms with Crippen molar-refractivity contribution in [2.45, 2.75) is 13.3 Å². The van der Waals surface area contributed by atoms with Crippen LogP contribution in [0.25, 0.3) is 0 Å². The highest BCUT2D eigenvalue weighted by Crippen LogP contribution is 2.15. The quantitative estimate of drug-likeness (QED) is 0.909. The fraction of sp³-hybridized carbons (Fsp3) is 0.300. The zero-order valence-electron chi connectivity index (χ0n) is 9.07. The summed E-state index contributed by atoms with van der Waals surface area (Å²) >= 11 is 5.59. The molecule has 0 saturated carbocycles. The Morgan fingerprint density at radius 2 is 2.35 bits per heavy atom. The van der Waals surface area contributed by atoms with Gasteiger partial charge in [-0.25, -0.2) is 9.37 Å². The molecule has 0 aromatic carbocycles. The van der Waals surface area contributed by atoms with E-state index in [1.165, 1.54) is 12.3 Å². The first-order valence-corrected chi connectivity index (χ1v) is 5.37. The molecule has 2 aromatic heterocycles. The van der Waals surface area contributed by atoms with Gasteiger partial charge in [0.1, 0.15) is 0 Å². The maximum Gasteiger partial charge on any atom is 0.228 e. The summed E-state index contributed by atoms with van der Waals surface area (Å²) in [6.07, 6.45) is 1.88. The molecule has 2 rings (SSSR count). The molecule has 0 fully saturated rings. The van der Waals surface area contributed by atoms with Gasteiger partial charge >= 0.3 is 0 Å². The number of aryl methyl sites for hydroxylation is 1. The number of nitrogens with one attached hydrogen (secondary N) is 1. The molecule has 0 radical (unpaired) electrons. The van der Waals surface area contributed by atoms with Gasteiger partial charge in [-0.3, -0.25) is 0 Å². The zero-order chi connectivity index (χ0) is 12.3. The topological polar surface area (TPSA) is 63.8 Å². The summed E-state index contributed by atoms with van der Waals surface area (Å²) in [5.41, 5.74) is 0. The summed E-state index contributed by atoms with van der Waals surface area (Å²) in [6, 6.07) is 1.20. The Bertz CT molecular complexity index is 517. The minimum atomic E-state index is -0.487. The van der Waals surface area contributed by atoms with Crippen LogP contribution < -0.4 is 5.32 Å². The molecule has 0 amide bonds. The Morgan fingerprint density at radius 1 is 1.53 bits per heavy atom. The third-order valence-electron chi connectivity index (χ3n) is 2.01. The summed E-state index contributed by atoms with van der Waals surface area (Å²) in [7, 11) is 0. The van der Waals surface area contributed by atoms with Gasteiger partial charge in [0.15, 0.2) is 17.5 Å². The SMILES string of the molecule is Cc1noc(CCNc2ncc(Cl)cc2F)n1. The summed E-state index contributed by atoms with van der Waals surface area (Å²) in [4.78, 5) is 7.85. The van der Waals surface area contributed by atoms with Crippen LogP contribution in [0.1, 0.15) is 11.7 Å². The van der Waals surface area contributed by atoms with E-state index in [0.717, 1.165) is 0 Å². The number of rotatable bonds is 4. The van der Waals surface area contributed by atoms with Crippen LogP contribution in [0.4, 0.5) is 10.2 Å². The number of anilines is 1. The van der Waals surface area contributed by atoms with Gasteiger partial charge in [0.05, 0.1) is 5.02 Å². The Kier molecular flexibility index (Phi) is 3.53. The standard InChI is InChI=1S/C10H10ClFN4O/c1-6-15-9(17-16-6)2-3-13-10-8(12)4-7(11)5-14-10/h4-5H,2-3H2,1H3,(H,13,14). The van der Waals surface area contributed by atoms with Crippen molar-refractivity contribution in [2.75, 3.05) is 11.9 Å². The Hall–Kier alpha value is -1.69. The first-order valence-electron chi connectivity index (χ1n) is 4.99. The molecule has 0 aliphatic rings.